The van der Waals surface area contributed by atoms with E-state index in [1.54, 1.807) is 0 Å². The molecule has 0 radical (unpaired) electrons. The summed E-state index contributed by atoms with van der Waals surface area (Å²) in [5.41, 5.74) is 6.25. The summed E-state index contributed by atoms with van der Waals surface area (Å²) in [5, 5.41) is 3.74. The third kappa shape index (κ3) is 3.58. The molecule has 0 bridgehead atoms. The molecule has 186 valence electrons. The third-order valence-electron chi connectivity index (χ3n) is 7.29. The van der Waals surface area contributed by atoms with E-state index in [9.17, 15) is 0 Å². The predicted octanol–water partition coefficient (Wildman–Crippen LogP) is 8.88. The Kier molecular flexibility index (Phi) is 4.94. The van der Waals surface area contributed by atoms with E-state index in [0.29, 0.717) is 22.5 Å². The van der Waals surface area contributed by atoms with Crippen molar-refractivity contribution in [2.24, 2.45) is 0 Å². The van der Waals surface area contributed by atoms with Crippen LogP contribution in [0, 0.1) is 0 Å². The molecule has 7 aromatic rings. The predicted molar refractivity (Wildman–Crippen MR) is 155 cm³/mol. The molecular formula is C33H20ClN3O2. The zero-order valence-corrected chi connectivity index (χ0v) is 21.4. The van der Waals surface area contributed by atoms with E-state index in [1.807, 2.05) is 84.9 Å². The molecule has 8 rings (SSSR count). The normalized spacial score (nSPS) is 13.2. The highest BCUT2D eigenvalue weighted by Crippen LogP contribution is 2.40. The zero-order valence-electron chi connectivity index (χ0n) is 20.7. The van der Waals surface area contributed by atoms with Crippen LogP contribution in [0.25, 0.3) is 61.3 Å². The van der Waals surface area contributed by atoms with Crippen molar-refractivity contribution in [1.82, 2.24) is 15.0 Å². The Labute approximate surface area is 228 Å². The number of para-hydroxylation sites is 1. The number of furan rings is 2. The van der Waals surface area contributed by atoms with Gasteiger partial charge in [0.25, 0.3) is 0 Å². The molecule has 0 saturated carbocycles. The maximum absolute atomic E-state index is 6.38. The standard InChI is InChI=1S/C33H20ClN3O2/c34-20-16-17-27-25(18-20)21-11-6-13-24(30(21)39-27)33-36-31(19-8-2-1-3-9-19)35-32(37-33)23-12-7-15-28-29(23)22-10-4-5-14-26(22)38-28/h1-5,7-10,12-18H,6,11H2. The van der Waals surface area contributed by atoms with Crippen LogP contribution >= 0.6 is 11.6 Å². The van der Waals surface area contributed by atoms with Crippen LogP contribution in [0.4, 0.5) is 0 Å². The summed E-state index contributed by atoms with van der Waals surface area (Å²) in [6, 6.07) is 29.8. The van der Waals surface area contributed by atoms with Crippen molar-refractivity contribution in [2.45, 2.75) is 12.8 Å². The van der Waals surface area contributed by atoms with Crippen molar-refractivity contribution in [3.8, 4) is 22.8 Å². The third-order valence-corrected chi connectivity index (χ3v) is 7.53. The van der Waals surface area contributed by atoms with Crippen LogP contribution in [-0.4, -0.2) is 15.0 Å². The van der Waals surface area contributed by atoms with E-state index >= 15 is 0 Å². The Morgan fingerprint density at radius 1 is 0.641 bits per heavy atom. The molecule has 3 heterocycles. The molecule has 0 N–H and O–H groups in total. The molecule has 0 fully saturated rings. The minimum atomic E-state index is 0.578. The van der Waals surface area contributed by atoms with E-state index in [2.05, 4.69) is 12.1 Å². The Balaban J connectivity index is 1.39. The van der Waals surface area contributed by atoms with Gasteiger partial charge in [0.2, 0.25) is 0 Å². The SMILES string of the molecule is Clc1ccc2oc3c(c2c1)CCC=C3c1nc(-c2ccccc2)nc(-c2cccc3oc4ccccc4c23)n1. The van der Waals surface area contributed by atoms with Crippen molar-refractivity contribution >= 4 is 50.1 Å². The minimum Gasteiger partial charge on any atom is -0.456 e. The lowest BCUT2D eigenvalue weighted by Crippen LogP contribution is -2.06. The largest absolute Gasteiger partial charge is 0.456 e. The molecule has 6 heteroatoms. The summed E-state index contributed by atoms with van der Waals surface area (Å²) in [6.45, 7) is 0. The van der Waals surface area contributed by atoms with Crippen LogP contribution < -0.4 is 0 Å². The van der Waals surface area contributed by atoms with Crippen molar-refractivity contribution in [2.75, 3.05) is 0 Å². The van der Waals surface area contributed by atoms with Crippen molar-refractivity contribution < 1.29 is 8.83 Å². The molecule has 0 unspecified atom stereocenters. The molecule has 5 nitrogen and oxygen atoms in total. The van der Waals surface area contributed by atoms with Crippen LogP contribution in [0.15, 0.2) is 106 Å². The molecule has 1 aliphatic rings. The first-order valence-electron chi connectivity index (χ1n) is 12.9. The molecule has 1 aliphatic carbocycles. The minimum absolute atomic E-state index is 0.578. The molecule has 3 aromatic heterocycles. The number of benzene rings is 4. The summed E-state index contributed by atoms with van der Waals surface area (Å²) in [5.74, 6) is 2.56. The second-order valence-corrected chi connectivity index (χ2v) is 10.1. The highest BCUT2D eigenvalue weighted by molar-refractivity contribution is 6.31. The lowest BCUT2D eigenvalue weighted by Gasteiger charge is -2.14. The first-order chi connectivity index (χ1) is 19.2. The summed E-state index contributed by atoms with van der Waals surface area (Å²) >= 11 is 6.33. The van der Waals surface area contributed by atoms with Gasteiger partial charge in [-0.25, -0.2) is 15.0 Å². The highest BCUT2D eigenvalue weighted by atomic mass is 35.5. The number of fused-ring (bicyclic) bond motifs is 6. The molecule has 0 atom stereocenters. The van der Waals surface area contributed by atoms with Crippen LogP contribution in [0.5, 0.6) is 0 Å². The monoisotopic (exact) mass is 525 g/mol. The van der Waals surface area contributed by atoms with E-state index in [0.717, 1.165) is 73.8 Å². The molecule has 0 saturated heterocycles. The number of nitrogens with zero attached hydrogens (tertiary/aromatic N) is 3. The van der Waals surface area contributed by atoms with Gasteiger partial charge in [0, 0.05) is 37.9 Å². The van der Waals surface area contributed by atoms with Crippen molar-refractivity contribution in [1.29, 1.82) is 0 Å². The number of halogens is 1. The van der Waals surface area contributed by atoms with Crippen LogP contribution in [0.2, 0.25) is 5.02 Å². The van der Waals surface area contributed by atoms with Gasteiger partial charge in [0.05, 0.1) is 5.57 Å². The Morgan fingerprint density at radius 3 is 2.33 bits per heavy atom. The second-order valence-electron chi connectivity index (χ2n) is 9.66. The van der Waals surface area contributed by atoms with E-state index < -0.39 is 0 Å². The lowest BCUT2D eigenvalue weighted by atomic mass is 9.95. The molecule has 0 spiro atoms. The van der Waals surface area contributed by atoms with Gasteiger partial charge in [0.15, 0.2) is 17.5 Å². The molecule has 39 heavy (non-hydrogen) atoms. The first-order valence-corrected chi connectivity index (χ1v) is 13.2. The lowest BCUT2D eigenvalue weighted by molar-refractivity contribution is 0.590. The Hall–Kier alpha value is -4.74. The fourth-order valence-electron chi connectivity index (χ4n) is 5.53. The van der Waals surface area contributed by atoms with Crippen LogP contribution in [-0.2, 0) is 6.42 Å². The number of hydrogen-bond donors (Lipinski definition) is 0. The summed E-state index contributed by atoms with van der Waals surface area (Å²) < 4.78 is 12.5. The molecule has 4 aromatic carbocycles. The number of aryl methyl sites for hydroxylation is 1. The van der Waals surface area contributed by atoms with E-state index in [1.165, 1.54) is 0 Å². The summed E-state index contributed by atoms with van der Waals surface area (Å²) in [7, 11) is 0. The number of allylic oxidation sites excluding steroid dienone is 1. The Morgan fingerprint density at radius 2 is 1.41 bits per heavy atom. The molecule has 0 amide bonds. The van der Waals surface area contributed by atoms with Gasteiger partial charge >= 0.3 is 0 Å². The second kappa shape index (κ2) is 8.65. The number of hydrogen-bond acceptors (Lipinski definition) is 5. The average molecular weight is 526 g/mol. The van der Waals surface area contributed by atoms with Gasteiger partial charge in [-0.15, -0.1) is 0 Å². The van der Waals surface area contributed by atoms with Gasteiger partial charge in [0.1, 0.15) is 22.5 Å². The van der Waals surface area contributed by atoms with E-state index in [-0.39, 0.29) is 0 Å². The molecule has 0 aliphatic heterocycles. The highest BCUT2D eigenvalue weighted by Gasteiger charge is 2.25. The smallest absolute Gasteiger partial charge is 0.167 e. The average Bonchev–Trinajstić information content (AvgIpc) is 3.55. The quantitative estimate of drug-likeness (QED) is 0.230. The fourth-order valence-corrected chi connectivity index (χ4v) is 5.70. The summed E-state index contributed by atoms with van der Waals surface area (Å²) in [6.07, 6.45) is 3.89. The Bertz CT molecular complexity index is 2090. The van der Waals surface area contributed by atoms with Gasteiger partial charge in [-0.1, -0.05) is 78.3 Å². The summed E-state index contributed by atoms with van der Waals surface area (Å²) in [4.78, 5) is 15.0. The molecular weight excluding hydrogens is 506 g/mol. The van der Waals surface area contributed by atoms with E-state index in [4.69, 9.17) is 35.4 Å². The van der Waals surface area contributed by atoms with Crippen LogP contribution in [0.3, 0.4) is 0 Å². The van der Waals surface area contributed by atoms with Gasteiger partial charge < -0.3 is 8.83 Å². The van der Waals surface area contributed by atoms with Gasteiger partial charge in [-0.05, 0) is 43.2 Å². The first kappa shape index (κ1) is 22.3. The van der Waals surface area contributed by atoms with Gasteiger partial charge in [-0.2, -0.15) is 0 Å². The fraction of sp³-hybridized carbons (Fsp3) is 0.0606. The maximum atomic E-state index is 6.38. The van der Waals surface area contributed by atoms with Crippen LogP contribution in [0.1, 0.15) is 23.6 Å². The topological polar surface area (TPSA) is 65.0 Å². The maximum Gasteiger partial charge on any atom is 0.167 e. The number of aromatic nitrogens is 3. The van der Waals surface area contributed by atoms with Crippen molar-refractivity contribution in [3.05, 3.63) is 119 Å². The van der Waals surface area contributed by atoms with Gasteiger partial charge in [-0.3, -0.25) is 0 Å². The zero-order chi connectivity index (χ0) is 25.9. The van der Waals surface area contributed by atoms with Crippen molar-refractivity contribution in [3.63, 3.8) is 0 Å². The number of rotatable bonds is 3.